The van der Waals surface area contributed by atoms with Gasteiger partial charge in [0.2, 0.25) is 5.91 Å². The van der Waals surface area contributed by atoms with Crippen LogP contribution in [0.2, 0.25) is 0 Å². The van der Waals surface area contributed by atoms with Crippen LogP contribution in [0, 0.1) is 31.1 Å². The van der Waals surface area contributed by atoms with E-state index in [2.05, 4.69) is 70.9 Å². The van der Waals surface area contributed by atoms with E-state index in [0.29, 0.717) is 29.9 Å². The SMILES string of the molecule is Cc1ccc(OCc2ccc(CN3CCN(C)C(=O)C3C)cc2C)c(-c2csc(N3CC4C(NOCO)C5CC45C3)n2)c1. The number of hydroxylamine groups is 1. The number of amides is 1. The maximum atomic E-state index is 12.4. The second-order valence-electron chi connectivity index (χ2n) is 12.9. The van der Waals surface area contributed by atoms with Crippen LogP contribution >= 0.6 is 11.3 Å². The predicted molar refractivity (Wildman–Crippen MR) is 167 cm³/mol. The summed E-state index contributed by atoms with van der Waals surface area (Å²) in [7, 11) is 1.88. The first-order valence-electron chi connectivity index (χ1n) is 15.3. The van der Waals surface area contributed by atoms with Crippen LogP contribution in [0.25, 0.3) is 11.3 Å². The Morgan fingerprint density at radius 3 is 2.84 bits per heavy atom. The number of hydrogen-bond donors (Lipinski definition) is 2. The number of aliphatic hydroxyl groups excluding tert-OH is 1. The Morgan fingerprint density at radius 1 is 1.16 bits per heavy atom. The van der Waals surface area contributed by atoms with Crippen LogP contribution in [0.4, 0.5) is 5.13 Å². The molecule has 3 heterocycles. The maximum Gasteiger partial charge on any atom is 0.239 e. The second kappa shape index (κ2) is 11.2. The molecule has 2 aromatic carbocycles. The Bertz CT molecular complexity index is 1530. The largest absolute Gasteiger partial charge is 0.488 e. The van der Waals surface area contributed by atoms with Crippen molar-refractivity contribution in [2.45, 2.75) is 52.4 Å². The number of aromatic nitrogens is 1. The zero-order valence-corrected chi connectivity index (χ0v) is 26.2. The first-order valence-corrected chi connectivity index (χ1v) is 16.2. The zero-order chi connectivity index (χ0) is 29.9. The number of benzene rings is 2. The number of thiazole rings is 1. The number of nitrogens with one attached hydrogen (secondary N) is 1. The number of likely N-dealkylation sites (N-methyl/N-ethyl adjacent to an activating group) is 1. The third-order valence-corrected chi connectivity index (χ3v) is 11.2. The quantitative estimate of drug-likeness (QED) is 0.266. The van der Waals surface area contributed by atoms with E-state index in [1.165, 1.54) is 23.1 Å². The number of ether oxygens (including phenoxy) is 1. The fraction of sp³-hybridized carbons (Fsp3) is 0.515. The minimum Gasteiger partial charge on any atom is -0.488 e. The van der Waals surface area contributed by atoms with Gasteiger partial charge in [0.1, 0.15) is 12.4 Å². The highest BCUT2D eigenvalue weighted by atomic mass is 32.1. The molecule has 1 aromatic heterocycles. The van der Waals surface area contributed by atoms with E-state index in [9.17, 15) is 4.79 Å². The smallest absolute Gasteiger partial charge is 0.239 e. The monoisotopic (exact) mass is 603 g/mol. The average Bonchev–Trinajstić information content (AvgIpc) is 3.25. The Kier molecular flexibility index (Phi) is 7.46. The maximum absolute atomic E-state index is 12.4. The molecule has 7 rings (SSSR count). The molecule has 9 nitrogen and oxygen atoms in total. The molecule has 10 heteroatoms. The third-order valence-electron chi connectivity index (χ3n) is 10.3. The summed E-state index contributed by atoms with van der Waals surface area (Å²) < 4.78 is 6.45. The van der Waals surface area contributed by atoms with Crippen LogP contribution in [-0.2, 0) is 22.8 Å². The molecule has 2 aliphatic heterocycles. The molecule has 2 saturated heterocycles. The predicted octanol–water partition coefficient (Wildman–Crippen LogP) is 3.96. The molecule has 1 amide bonds. The van der Waals surface area contributed by atoms with Crippen molar-refractivity contribution in [3.63, 3.8) is 0 Å². The van der Waals surface area contributed by atoms with Crippen LogP contribution in [0.15, 0.2) is 41.8 Å². The van der Waals surface area contributed by atoms with Crippen LogP contribution in [0.3, 0.4) is 0 Å². The van der Waals surface area contributed by atoms with Gasteiger partial charge in [0.05, 0.1) is 11.7 Å². The summed E-state index contributed by atoms with van der Waals surface area (Å²) in [6, 6.07) is 13.1. The van der Waals surface area contributed by atoms with Crippen LogP contribution < -0.4 is 15.1 Å². The number of aryl methyl sites for hydroxylation is 2. The molecule has 4 aliphatic rings. The van der Waals surface area contributed by atoms with E-state index < -0.39 is 0 Å². The molecule has 2 aliphatic carbocycles. The summed E-state index contributed by atoms with van der Waals surface area (Å²) in [5.41, 5.74) is 10.2. The summed E-state index contributed by atoms with van der Waals surface area (Å²) in [5, 5.41) is 12.2. The molecular formula is C33H41N5O4S. The van der Waals surface area contributed by atoms with E-state index in [1.807, 2.05) is 18.9 Å². The summed E-state index contributed by atoms with van der Waals surface area (Å²) in [5.74, 6) is 2.20. The van der Waals surface area contributed by atoms with Crippen LogP contribution in [-0.4, -0.2) is 77.9 Å². The highest BCUT2D eigenvalue weighted by Gasteiger charge is 2.76. The van der Waals surface area contributed by atoms with Gasteiger partial charge >= 0.3 is 0 Å². The van der Waals surface area contributed by atoms with E-state index >= 15 is 0 Å². The molecule has 3 aromatic rings. The number of rotatable bonds is 10. The number of anilines is 1. The van der Waals surface area contributed by atoms with Gasteiger partial charge in [-0.05, 0) is 67.3 Å². The topological polar surface area (TPSA) is 90.4 Å². The third kappa shape index (κ3) is 5.13. The molecule has 4 fully saturated rings. The fourth-order valence-electron chi connectivity index (χ4n) is 7.66. The van der Waals surface area contributed by atoms with Crippen LogP contribution in [0.5, 0.6) is 5.75 Å². The lowest BCUT2D eigenvalue weighted by atomic mass is 9.71. The molecule has 2 saturated carbocycles. The van der Waals surface area contributed by atoms with Crippen molar-refractivity contribution in [3.05, 3.63) is 64.0 Å². The first kappa shape index (κ1) is 28.7. The van der Waals surface area contributed by atoms with Gasteiger partial charge in [-0.3, -0.25) is 14.5 Å². The molecule has 5 atom stereocenters. The Labute approximate surface area is 257 Å². The molecule has 228 valence electrons. The van der Waals surface area contributed by atoms with Crippen molar-refractivity contribution in [2.75, 3.05) is 44.9 Å². The van der Waals surface area contributed by atoms with Crippen molar-refractivity contribution in [3.8, 4) is 17.0 Å². The van der Waals surface area contributed by atoms with Crippen molar-refractivity contribution < 1.29 is 19.5 Å². The molecule has 0 bridgehead atoms. The van der Waals surface area contributed by atoms with Gasteiger partial charge in [0.15, 0.2) is 11.9 Å². The number of nitrogens with zero attached hydrogens (tertiary/aromatic N) is 4. The first-order chi connectivity index (χ1) is 20.8. The highest BCUT2D eigenvalue weighted by molar-refractivity contribution is 7.14. The molecule has 1 spiro atoms. The lowest BCUT2D eigenvalue weighted by Crippen LogP contribution is -2.53. The van der Waals surface area contributed by atoms with E-state index in [0.717, 1.165) is 60.4 Å². The van der Waals surface area contributed by atoms with E-state index in [4.69, 9.17) is 19.7 Å². The number of aliphatic hydroxyl groups is 1. The number of hydrogen-bond acceptors (Lipinski definition) is 9. The lowest BCUT2D eigenvalue weighted by molar-refractivity contribution is -0.139. The van der Waals surface area contributed by atoms with Gasteiger partial charge in [0.25, 0.3) is 0 Å². The normalized spacial score (nSPS) is 28.1. The van der Waals surface area contributed by atoms with Crippen molar-refractivity contribution in [1.29, 1.82) is 0 Å². The highest BCUT2D eigenvalue weighted by Crippen LogP contribution is 2.73. The molecular weight excluding hydrogens is 562 g/mol. The van der Waals surface area contributed by atoms with Gasteiger partial charge in [-0.2, -0.15) is 5.48 Å². The zero-order valence-electron chi connectivity index (χ0n) is 25.4. The number of piperazine rings is 1. The van der Waals surface area contributed by atoms with Gasteiger partial charge in [-0.25, -0.2) is 4.98 Å². The second-order valence-corrected chi connectivity index (χ2v) is 13.8. The Morgan fingerprint density at radius 2 is 2.02 bits per heavy atom. The summed E-state index contributed by atoms with van der Waals surface area (Å²) in [6.07, 6.45) is 1.23. The summed E-state index contributed by atoms with van der Waals surface area (Å²) in [4.78, 5) is 29.1. The number of carbonyl (C=O) groups excluding carboxylic acids is 1. The minimum absolute atomic E-state index is 0.0976. The lowest BCUT2D eigenvalue weighted by Gasteiger charge is -2.38. The number of carbonyl (C=O) groups is 1. The Balaban J connectivity index is 1.02. The van der Waals surface area contributed by atoms with Crippen LogP contribution in [0.1, 0.15) is 35.6 Å². The summed E-state index contributed by atoms with van der Waals surface area (Å²) >= 11 is 1.70. The molecule has 5 unspecified atom stereocenters. The van der Waals surface area contributed by atoms with Crippen molar-refractivity contribution >= 4 is 22.4 Å². The summed E-state index contributed by atoms with van der Waals surface area (Å²) in [6.45, 7) is 10.8. The average molecular weight is 604 g/mol. The molecule has 0 radical (unpaired) electrons. The van der Waals surface area contributed by atoms with Gasteiger partial charge in [-0.15, -0.1) is 11.3 Å². The van der Waals surface area contributed by atoms with Gasteiger partial charge in [-0.1, -0.05) is 29.8 Å². The molecule has 2 N–H and O–H groups in total. The Hall–Kier alpha value is -3.02. The van der Waals surface area contributed by atoms with Crippen molar-refractivity contribution in [1.82, 2.24) is 20.3 Å². The minimum atomic E-state index is -0.298. The van der Waals surface area contributed by atoms with Gasteiger partial charge < -0.3 is 19.6 Å². The molecule has 43 heavy (non-hydrogen) atoms. The van der Waals surface area contributed by atoms with E-state index in [1.54, 1.807) is 11.3 Å². The fourth-order valence-corrected chi connectivity index (χ4v) is 8.50. The van der Waals surface area contributed by atoms with Gasteiger partial charge in [0, 0.05) is 62.7 Å². The van der Waals surface area contributed by atoms with E-state index in [-0.39, 0.29) is 18.7 Å². The van der Waals surface area contributed by atoms with Crippen molar-refractivity contribution in [2.24, 2.45) is 17.3 Å². The standard InChI is InChI=1S/C33H41N5O4S/c1-20-5-8-29(41-16-24-7-6-23(12-21(24)2)14-37-10-9-36(4)31(40)22(37)3)25(11-20)28-17-43-32(34-28)38-15-27-30(35-42-19-39)26-13-33(26,27)18-38/h5-8,11-12,17,22,26-27,30,35,39H,9-10,13-16,18-19H2,1-4H3.